The maximum absolute atomic E-state index is 12.4. The van der Waals surface area contributed by atoms with Crippen LogP contribution in [-0.4, -0.2) is 36.0 Å². The summed E-state index contributed by atoms with van der Waals surface area (Å²) in [6.45, 7) is 1.09. The number of hydrogen-bond donors (Lipinski definition) is 2. The molecule has 7 heteroatoms. The normalized spacial score (nSPS) is 22.1. The summed E-state index contributed by atoms with van der Waals surface area (Å²) in [5, 5.41) is 2.06. The molecule has 2 unspecified atom stereocenters. The first-order chi connectivity index (χ1) is 12.7. The molecule has 0 bridgehead atoms. The molecular weight excluding hydrogens is 350 g/mol. The molecule has 2 aliphatic rings. The number of hydrazine groups is 1. The van der Waals surface area contributed by atoms with Crippen LogP contribution in [0.1, 0.15) is 28.5 Å². The molecular formula is C19H21N3O3S. The Bertz CT molecular complexity index is 792. The summed E-state index contributed by atoms with van der Waals surface area (Å²) in [6.07, 6.45) is 1.47. The SMILES string of the molecule is O=C(OCC(=O)N1CCc2sccc2C1)C1CC(c2ccccc2)NN1. The first kappa shape index (κ1) is 17.2. The third-order valence-electron chi connectivity index (χ3n) is 4.89. The molecule has 0 spiro atoms. The number of esters is 1. The van der Waals surface area contributed by atoms with E-state index in [4.69, 9.17) is 4.74 Å². The highest BCUT2D eigenvalue weighted by Gasteiger charge is 2.32. The van der Waals surface area contributed by atoms with Crippen molar-refractivity contribution >= 4 is 23.2 Å². The van der Waals surface area contributed by atoms with E-state index in [1.165, 1.54) is 10.4 Å². The summed E-state index contributed by atoms with van der Waals surface area (Å²) in [7, 11) is 0. The molecule has 136 valence electrons. The Labute approximate surface area is 156 Å². The van der Waals surface area contributed by atoms with Crippen LogP contribution in [0.2, 0.25) is 0 Å². The number of nitrogens with zero attached hydrogens (tertiary/aromatic N) is 1. The van der Waals surface area contributed by atoms with Gasteiger partial charge in [-0.1, -0.05) is 30.3 Å². The van der Waals surface area contributed by atoms with Gasteiger partial charge >= 0.3 is 5.97 Å². The van der Waals surface area contributed by atoms with Gasteiger partial charge in [-0.15, -0.1) is 11.3 Å². The summed E-state index contributed by atoms with van der Waals surface area (Å²) in [4.78, 5) is 27.7. The van der Waals surface area contributed by atoms with Crippen molar-refractivity contribution in [1.29, 1.82) is 0 Å². The fourth-order valence-electron chi connectivity index (χ4n) is 3.40. The van der Waals surface area contributed by atoms with Crippen LogP contribution in [0.15, 0.2) is 41.8 Å². The molecule has 2 aromatic rings. The van der Waals surface area contributed by atoms with Gasteiger partial charge in [-0.3, -0.25) is 9.59 Å². The summed E-state index contributed by atoms with van der Waals surface area (Å²) in [5.74, 6) is -0.529. The third kappa shape index (κ3) is 3.65. The van der Waals surface area contributed by atoms with Gasteiger partial charge in [-0.25, -0.2) is 10.9 Å². The Morgan fingerprint density at radius 2 is 2.04 bits per heavy atom. The van der Waals surface area contributed by atoms with Crippen LogP contribution in [0.25, 0.3) is 0 Å². The third-order valence-corrected chi connectivity index (χ3v) is 5.91. The smallest absolute Gasteiger partial charge is 0.325 e. The number of ether oxygens (including phenoxy) is 1. The van der Waals surface area contributed by atoms with E-state index in [1.807, 2.05) is 30.3 Å². The second kappa shape index (κ2) is 7.57. The fourth-order valence-corrected chi connectivity index (χ4v) is 4.29. The summed E-state index contributed by atoms with van der Waals surface area (Å²) < 4.78 is 5.26. The Balaban J connectivity index is 1.26. The van der Waals surface area contributed by atoms with Crippen molar-refractivity contribution in [2.24, 2.45) is 0 Å². The van der Waals surface area contributed by atoms with Crippen molar-refractivity contribution in [2.45, 2.75) is 31.5 Å². The van der Waals surface area contributed by atoms with E-state index in [0.29, 0.717) is 19.5 Å². The van der Waals surface area contributed by atoms with Crippen LogP contribution < -0.4 is 10.9 Å². The van der Waals surface area contributed by atoms with E-state index in [9.17, 15) is 9.59 Å². The van der Waals surface area contributed by atoms with Crippen LogP contribution in [0.3, 0.4) is 0 Å². The van der Waals surface area contributed by atoms with Crippen LogP contribution >= 0.6 is 11.3 Å². The quantitative estimate of drug-likeness (QED) is 0.802. The molecule has 4 rings (SSSR count). The largest absolute Gasteiger partial charge is 0.454 e. The molecule has 0 radical (unpaired) electrons. The number of benzene rings is 1. The Hall–Kier alpha value is -2.22. The van der Waals surface area contributed by atoms with Gasteiger partial charge in [0.15, 0.2) is 6.61 Å². The fraction of sp³-hybridized carbons (Fsp3) is 0.368. The predicted molar refractivity (Wildman–Crippen MR) is 98.3 cm³/mol. The topological polar surface area (TPSA) is 70.7 Å². The van der Waals surface area contributed by atoms with Crippen LogP contribution in [-0.2, 0) is 27.3 Å². The average molecular weight is 371 g/mol. The summed E-state index contributed by atoms with van der Waals surface area (Å²) in [6, 6.07) is 11.6. The number of rotatable bonds is 4. The van der Waals surface area contributed by atoms with E-state index in [0.717, 1.165) is 12.0 Å². The lowest BCUT2D eigenvalue weighted by Gasteiger charge is -2.26. The summed E-state index contributed by atoms with van der Waals surface area (Å²) in [5.41, 5.74) is 8.41. The van der Waals surface area contributed by atoms with Crippen molar-refractivity contribution < 1.29 is 14.3 Å². The Morgan fingerprint density at radius 1 is 1.19 bits per heavy atom. The standard InChI is InChI=1S/C19H21N3O3S/c23-18(22-8-6-17-14(11-22)7-9-26-17)12-25-19(24)16-10-15(20-21-16)13-4-2-1-3-5-13/h1-5,7,9,15-16,20-21H,6,8,10-12H2. The molecule has 0 aliphatic carbocycles. The lowest BCUT2D eigenvalue weighted by atomic mass is 10.0. The van der Waals surface area contributed by atoms with Crippen LogP contribution in [0.4, 0.5) is 0 Å². The monoisotopic (exact) mass is 371 g/mol. The van der Waals surface area contributed by atoms with Crippen LogP contribution in [0.5, 0.6) is 0 Å². The highest BCUT2D eigenvalue weighted by molar-refractivity contribution is 7.10. The maximum atomic E-state index is 12.4. The number of carbonyl (C=O) groups excluding carboxylic acids is 2. The lowest BCUT2D eigenvalue weighted by molar-refractivity contribution is -0.153. The number of amides is 1. The van der Waals surface area contributed by atoms with Gasteiger partial charge in [0.2, 0.25) is 0 Å². The molecule has 3 heterocycles. The highest BCUT2D eigenvalue weighted by atomic mass is 32.1. The number of fused-ring (bicyclic) bond motifs is 1. The zero-order valence-electron chi connectivity index (χ0n) is 14.3. The van der Waals surface area contributed by atoms with E-state index in [2.05, 4.69) is 22.3 Å². The van der Waals surface area contributed by atoms with Gasteiger partial charge in [0.1, 0.15) is 6.04 Å². The van der Waals surface area contributed by atoms with E-state index in [1.54, 1.807) is 16.2 Å². The van der Waals surface area contributed by atoms with Gasteiger partial charge in [-0.05, 0) is 35.4 Å². The van der Waals surface area contributed by atoms with Gasteiger partial charge in [0, 0.05) is 24.0 Å². The maximum Gasteiger partial charge on any atom is 0.325 e. The van der Waals surface area contributed by atoms with Gasteiger partial charge in [0.25, 0.3) is 5.91 Å². The molecule has 0 saturated carbocycles. The molecule has 2 aliphatic heterocycles. The molecule has 2 N–H and O–H groups in total. The van der Waals surface area contributed by atoms with Crippen molar-refractivity contribution in [1.82, 2.24) is 15.8 Å². The molecule has 1 fully saturated rings. The first-order valence-corrected chi connectivity index (χ1v) is 9.64. The van der Waals surface area contributed by atoms with Gasteiger partial charge < -0.3 is 9.64 Å². The minimum absolute atomic E-state index is 0.0588. The second-order valence-electron chi connectivity index (χ2n) is 6.58. The van der Waals surface area contributed by atoms with Crippen molar-refractivity contribution in [3.63, 3.8) is 0 Å². The van der Waals surface area contributed by atoms with Crippen LogP contribution in [0, 0.1) is 0 Å². The molecule has 26 heavy (non-hydrogen) atoms. The van der Waals surface area contributed by atoms with Crippen molar-refractivity contribution in [3.05, 3.63) is 57.8 Å². The minimum atomic E-state index is -0.446. The minimum Gasteiger partial charge on any atom is -0.454 e. The number of hydrogen-bond acceptors (Lipinski definition) is 6. The number of carbonyl (C=O) groups is 2. The van der Waals surface area contributed by atoms with Crippen molar-refractivity contribution in [2.75, 3.05) is 13.2 Å². The predicted octanol–water partition coefficient (Wildman–Crippen LogP) is 1.78. The van der Waals surface area contributed by atoms with Crippen molar-refractivity contribution in [3.8, 4) is 0 Å². The molecule has 2 atom stereocenters. The van der Waals surface area contributed by atoms with Gasteiger partial charge in [0.05, 0.1) is 0 Å². The average Bonchev–Trinajstić information content (AvgIpc) is 3.35. The second-order valence-corrected chi connectivity index (χ2v) is 7.58. The Kier molecular flexibility index (Phi) is 5.01. The van der Waals surface area contributed by atoms with Gasteiger partial charge in [-0.2, -0.15) is 0 Å². The zero-order valence-corrected chi connectivity index (χ0v) is 15.1. The highest BCUT2D eigenvalue weighted by Crippen LogP contribution is 2.24. The van der Waals surface area contributed by atoms with E-state index in [-0.39, 0.29) is 18.6 Å². The molecule has 1 amide bonds. The molecule has 1 saturated heterocycles. The van der Waals surface area contributed by atoms with E-state index >= 15 is 0 Å². The number of nitrogens with one attached hydrogen (secondary N) is 2. The molecule has 1 aromatic carbocycles. The lowest BCUT2D eigenvalue weighted by Crippen LogP contribution is -2.41. The zero-order chi connectivity index (χ0) is 17.9. The Morgan fingerprint density at radius 3 is 2.88 bits per heavy atom. The molecule has 1 aromatic heterocycles. The summed E-state index contributed by atoms with van der Waals surface area (Å²) >= 11 is 1.73. The first-order valence-electron chi connectivity index (χ1n) is 8.76. The number of thiophene rings is 1. The molecule has 6 nitrogen and oxygen atoms in total. The van der Waals surface area contributed by atoms with E-state index < -0.39 is 12.0 Å².